The Labute approximate surface area is 333 Å². The lowest BCUT2D eigenvalue weighted by molar-refractivity contribution is 1.07. The van der Waals surface area contributed by atoms with Gasteiger partial charge >= 0.3 is 0 Å². The second kappa shape index (κ2) is 12.8. The van der Waals surface area contributed by atoms with Gasteiger partial charge in [0.1, 0.15) is 0 Å². The van der Waals surface area contributed by atoms with Crippen LogP contribution in [0.3, 0.4) is 0 Å². The smallest absolute Gasteiger partial charge is 0.164 e. The van der Waals surface area contributed by atoms with Crippen molar-refractivity contribution in [1.29, 1.82) is 0 Å². The van der Waals surface area contributed by atoms with Crippen molar-refractivity contribution in [2.24, 2.45) is 0 Å². The molecule has 4 heterocycles. The van der Waals surface area contributed by atoms with E-state index >= 15 is 0 Å². The Morgan fingerprint density at radius 3 is 1.53 bits per heavy atom. The van der Waals surface area contributed by atoms with Gasteiger partial charge in [-0.3, -0.25) is 0 Å². The van der Waals surface area contributed by atoms with Gasteiger partial charge in [-0.2, -0.15) is 0 Å². The lowest BCUT2D eigenvalue weighted by Crippen LogP contribution is -2.00. The maximum Gasteiger partial charge on any atom is 0.164 e. The fourth-order valence-electron chi connectivity index (χ4n) is 8.91. The van der Waals surface area contributed by atoms with Gasteiger partial charge in [0.15, 0.2) is 17.5 Å². The summed E-state index contributed by atoms with van der Waals surface area (Å²) in [6.45, 7) is 0. The molecule has 0 spiro atoms. The number of nitrogens with zero attached hydrogens (tertiary/aromatic N) is 5. The number of benzene rings is 8. The Kier molecular flexibility index (Phi) is 7.16. The van der Waals surface area contributed by atoms with Gasteiger partial charge in [0, 0.05) is 49.3 Å². The highest BCUT2D eigenvalue weighted by molar-refractivity contribution is 6.24. The van der Waals surface area contributed by atoms with E-state index in [-0.39, 0.29) is 0 Å². The summed E-state index contributed by atoms with van der Waals surface area (Å²) < 4.78 is 4.91. The number of hydrogen-bond donors (Lipinski definition) is 0. The zero-order valence-corrected chi connectivity index (χ0v) is 31.3. The summed E-state index contributed by atoms with van der Waals surface area (Å²) in [6, 6.07) is 71.0. The molecule has 0 atom stereocenters. The Morgan fingerprint density at radius 2 is 0.828 bits per heavy atom. The second-order valence-corrected chi connectivity index (χ2v) is 14.8. The van der Waals surface area contributed by atoms with Crippen LogP contribution in [0.25, 0.3) is 111 Å². The average Bonchev–Trinajstić information content (AvgIpc) is 3.86. The number of hydrogen-bond acceptors (Lipinski definition) is 3. The maximum atomic E-state index is 5.01. The molecular weight excluding hydrogens is 707 g/mol. The van der Waals surface area contributed by atoms with Crippen molar-refractivity contribution in [1.82, 2.24) is 23.9 Å². The Bertz CT molecular complexity index is 3510. The Balaban J connectivity index is 1.04. The van der Waals surface area contributed by atoms with Crippen LogP contribution in [0, 0.1) is 0 Å². The standard InChI is InChI=1S/C53H33N5/c1-3-15-34(16-4-1)51-54-52(35-17-5-2-6-18-35)56-53(55-51)39-21-13-19-36(31-39)37-20-14-22-40(32-37)57-46-28-12-10-26-44(46)49-47(57)30-29-38-33-48-43-25-8-7-23-41(43)42-24-9-11-27-45(42)58(48)50(38)49/h1-33H. The van der Waals surface area contributed by atoms with Crippen molar-refractivity contribution >= 4 is 59.9 Å². The molecule has 0 saturated heterocycles. The molecule has 5 heteroatoms. The molecule has 0 aliphatic heterocycles. The van der Waals surface area contributed by atoms with E-state index in [1.807, 2.05) is 60.7 Å². The predicted molar refractivity (Wildman–Crippen MR) is 239 cm³/mol. The largest absolute Gasteiger partial charge is 0.309 e. The number of aromatic nitrogens is 5. The third kappa shape index (κ3) is 5.00. The minimum absolute atomic E-state index is 0.636. The number of rotatable bonds is 5. The third-order valence-corrected chi connectivity index (χ3v) is 11.5. The van der Waals surface area contributed by atoms with Crippen molar-refractivity contribution in [3.63, 3.8) is 0 Å². The molecule has 4 aromatic heterocycles. The molecule has 5 nitrogen and oxygen atoms in total. The molecule has 58 heavy (non-hydrogen) atoms. The molecule has 0 saturated carbocycles. The first-order chi connectivity index (χ1) is 28.8. The zero-order chi connectivity index (χ0) is 38.2. The molecule has 0 fully saturated rings. The lowest BCUT2D eigenvalue weighted by atomic mass is 10.0. The lowest BCUT2D eigenvalue weighted by Gasteiger charge is -2.12. The predicted octanol–water partition coefficient (Wildman–Crippen LogP) is 13.3. The minimum atomic E-state index is 0.636. The summed E-state index contributed by atoms with van der Waals surface area (Å²) >= 11 is 0. The average molecular weight is 740 g/mol. The van der Waals surface area contributed by atoms with Crippen molar-refractivity contribution in [3.8, 4) is 51.0 Å². The van der Waals surface area contributed by atoms with E-state index in [2.05, 4.69) is 148 Å². The minimum Gasteiger partial charge on any atom is -0.309 e. The van der Waals surface area contributed by atoms with Gasteiger partial charge in [-0.25, -0.2) is 15.0 Å². The zero-order valence-electron chi connectivity index (χ0n) is 31.3. The molecule has 0 unspecified atom stereocenters. The molecule has 0 N–H and O–H groups in total. The monoisotopic (exact) mass is 739 g/mol. The SMILES string of the molecule is c1ccc(-c2nc(-c3ccccc3)nc(-c3cccc(-c4cccc(-n5c6ccccc6c6c5ccc5cc7c8ccccc8c8ccccc8n7c56)c4)c3)n2)cc1. The fourth-order valence-corrected chi connectivity index (χ4v) is 8.91. The van der Waals surface area contributed by atoms with Gasteiger partial charge in [-0.15, -0.1) is 0 Å². The van der Waals surface area contributed by atoms with E-state index in [4.69, 9.17) is 15.0 Å². The normalized spacial score (nSPS) is 11.8. The highest BCUT2D eigenvalue weighted by Crippen LogP contribution is 2.42. The van der Waals surface area contributed by atoms with Crippen LogP contribution in [0.4, 0.5) is 0 Å². The summed E-state index contributed by atoms with van der Waals surface area (Å²) in [5, 5.41) is 7.49. The topological polar surface area (TPSA) is 48.0 Å². The van der Waals surface area contributed by atoms with Crippen LogP contribution in [-0.4, -0.2) is 23.9 Å². The summed E-state index contributed by atoms with van der Waals surface area (Å²) in [4.78, 5) is 14.9. The van der Waals surface area contributed by atoms with E-state index < -0.39 is 0 Å². The van der Waals surface area contributed by atoms with Crippen molar-refractivity contribution in [2.75, 3.05) is 0 Å². The van der Waals surface area contributed by atoms with Crippen LogP contribution in [0.1, 0.15) is 0 Å². The molecule has 0 aliphatic carbocycles. The molecule has 12 aromatic rings. The number of fused-ring (bicyclic) bond motifs is 12. The molecule has 270 valence electrons. The van der Waals surface area contributed by atoms with E-state index in [1.165, 1.54) is 59.9 Å². The van der Waals surface area contributed by atoms with Gasteiger partial charge in [0.2, 0.25) is 0 Å². The highest BCUT2D eigenvalue weighted by Gasteiger charge is 2.20. The first kappa shape index (κ1) is 32.4. The van der Waals surface area contributed by atoms with Crippen LogP contribution in [0.5, 0.6) is 0 Å². The highest BCUT2D eigenvalue weighted by atomic mass is 15.0. The van der Waals surface area contributed by atoms with Gasteiger partial charge in [-0.1, -0.05) is 158 Å². The van der Waals surface area contributed by atoms with Crippen LogP contribution < -0.4 is 0 Å². The molecule has 12 rings (SSSR count). The summed E-state index contributed by atoms with van der Waals surface area (Å²) in [6.07, 6.45) is 0. The molecular formula is C53H33N5. The van der Waals surface area contributed by atoms with Gasteiger partial charge in [0.25, 0.3) is 0 Å². The van der Waals surface area contributed by atoms with Crippen LogP contribution >= 0.6 is 0 Å². The van der Waals surface area contributed by atoms with E-state index in [0.29, 0.717) is 17.5 Å². The van der Waals surface area contributed by atoms with Crippen LogP contribution in [0.2, 0.25) is 0 Å². The summed E-state index contributed by atoms with van der Waals surface area (Å²) in [5.74, 6) is 1.93. The van der Waals surface area contributed by atoms with Gasteiger partial charge < -0.3 is 8.97 Å². The Hall–Kier alpha value is -7.89. The quantitative estimate of drug-likeness (QED) is 0.165. The molecule has 0 amide bonds. The van der Waals surface area contributed by atoms with Crippen LogP contribution in [-0.2, 0) is 0 Å². The maximum absolute atomic E-state index is 5.01. The number of para-hydroxylation sites is 2. The van der Waals surface area contributed by atoms with Crippen molar-refractivity contribution < 1.29 is 0 Å². The first-order valence-electron chi connectivity index (χ1n) is 19.6. The van der Waals surface area contributed by atoms with E-state index in [1.54, 1.807) is 0 Å². The molecule has 0 bridgehead atoms. The number of pyridine rings is 1. The van der Waals surface area contributed by atoms with Gasteiger partial charge in [0.05, 0.1) is 27.6 Å². The first-order valence-corrected chi connectivity index (χ1v) is 19.6. The van der Waals surface area contributed by atoms with Gasteiger partial charge in [-0.05, 0) is 59.0 Å². The molecule has 0 aliphatic rings. The summed E-state index contributed by atoms with van der Waals surface area (Å²) in [5.41, 5.74) is 12.1. The Morgan fingerprint density at radius 1 is 0.310 bits per heavy atom. The summed E-state index contributed by atoms with van der Waals surface area (Å²) in [7, 11) is 0. The van der Waals surface area contributed by atoms with E-state index in [9.17, 15) is 0 Å². The van der Waals surface area contributed by atoms with E-state index in [0.717, 1.165) is 33.5 Å². The van der Waals surface area contributed by atoms with Crippen molar-refractivity contribution in [2.45, 2.75) is 0 Å². The van der Waals surface area contributed by atoms with Crippen molar-refractivity contribution in [3.05, 3.63) is 200 Å². The fraction of sp³-hybridized carbons (Fsp3) is 0. The molecule has 0 radical (unpaired) electrons. The second-order valence-electron chi connectivity index (χ2n) is 14.8. The van der Waals surface area contributed by atoms with Crippen LogP contribution in [0.15, 0.2) is 200 Å². The third-order valence-electron chi connectivity index (χ3n) is 11.5. The molecule has 8 aromatic carbocycles.